The fourth-order valence-electron chi connectivity index (χ4n) is 3.05. The van der Waals surface area contributed by atoms with Crippen LogP contribution in [0.4, 0.5) is 5.69 Å². The zero-order chi connectivity index (χ0) is 20.0. The van der Waals surface area contributed by atoms with E-state index in [0.29, 0.717) is 31.6 Å². The smallest absolute Gasteiger partial charge is 0.295 e. The molecule has 2 aromatic rings. The van der Waals surface area contributed by atoms with Crippen molar-refractivity contribution in [3.05, 3.63) is 46.4 Å². The van der Waals surface area contributed by atoms with Crippen LogP contribution in [0.5, 0.6) is 0 Å². The number of nitrogens with zero attached hydrogens (tertiary/aromatic N) is 3. The number of aromatic nitrogens is 2. The summed E-state index contributed by atoms with van der Waals surface area (Å²) in [5, 5.41) is 2.72. The second-order valence-electron chi connectivity index (χ2n) is 6.40. The molecule has 146 valence electrons. The Balaban J connectivity index is 2.05. The van der Waals surface area contributed by atoms with E-state index in [1.54, 1.807) is 23.6 Å². The standard InChI is InChI=1S/C20H28N4O3/c1-5-23(6-2)18(26)14-10-13-17(25)21-19-15(3)22(4)24(20(19)27)16-11-8-7-9-12-16/h7-9,11-12H,5-6,10,13-14H2,1-4H3,(H,21,25). The van der Waals surface area contributed by atoms with Crippen LogP contribution in [0.1, 0.15) is 38.8 Å². The highest BCUT2D eigenvalue weighted by Gasteiger charge is 2.18. The highest BCUT2D eigenvalue weighted by molar-refractivity contribution is 5.91. The van der Waals surface area contributed by atoms with Crippen LogP contribution in [0.15, 0.2) is 35.1 Å². The number of hydrogen-bond acceptors (Lipinski definition) is 3. The molecule has 1 heterocycles. The molecule has 0 aliphatic heterocycles. The summed E-state index contributed by atoms with van der Waals surface area (Å²) >= 11 is 0. The number of carbonyl (C=O) groups excluding carboxylic acids is 2. The molecule has 2 amide bonds. The summed E-state index contributed by atoms with van der Waals surface area (Å²) in [5.74, 6) is -0.205. The van der Waals surface area contributed by atoms with Crippen molar-refractivity contribution < 1.29 is 9.59 Å². The minimum atomic E-state index is -0.270. The third kappa shape index (κ3) is 4.67. The molecule has 0 saturated heterocycles. The quantitative estimate of drug-likeness (QED) is 0.773. The Morgan fingerprint density at radius 1 is 1.07 bits per heavy atom. The van der Waals surface area contributed by atoms with Crippen molar-refractivity contribution in [3.8, 4) is 5.69 Å². The van der Waals surface area contributed by atoms with E-state index in [-0.39, 0.29) is 29.5 Å². The molecule has 1 aromatic heterocycles. The molecular formula is C20H28N4O3. The van der Waals surface area contributed by atoms with E-state index in [0.717, 1.165) is 5.69 Å². The Hall–Kier alpha value is -2.83. The first-order valence-corrected chi connectivity index (χ1v) is 9.32. The molecule has 0 atom stereocenters. The summed E-state index contributed by atoms with van der Waals surface area (Å²) in [6, 6.07) is 9.27. The van der Waals surface area contributed by atoms with Gasteiger partial charge >= 0.3 is 0 Å². The predicted molar refractivity (Wildman–Crippen MR) is 106 cm³/mol. The summed E-state index contributed by atoms with van der Waals surface area (Å²) in [4.78, 5) is 38.8. The first-order chi connectivity index (χ1) is 12.9. The van der Waals surface area contributed by atoms with Gasteiger partial charge in [0.2, 0.25) is 11.8 Å². The van der Waals surface area contributed by atoms with Crippen LogP contribution in [0, 0.1) is 6.92 Å². The highest BCUT2D eigenvalue weighted by atomic mass is 16.2. The molecule has 0 fully saturated rings. The van der Waals surface area contributed by atoms with Gasteiger partial charge < -0.3 is 10.2 Å². The van der Waals surface area contributed by atoms with Gasteiger partial charge in [0, 0.05) is 33.0 Å². The molecule has 0 saturated carbocycles. The van der Waals surface area contributed by atoms with Gasteiger partial charge in [0.25, 0.3) is 5.56 Å². The molecule has 0 radical (unpaired) electrons. The Labute approximate surface area is 159 Å². The van der Waals surface area contributed by atoms with Crippen molar-refractivity contribution in [2.75, 3.05) is 18.4 Å². The Morgan fingerprint density at radius 2 is 1.70 bits per heavy atom. The van der Waals surface area contributed by atoms with Crippen molar-refractivity contribution in [2.45, 2.75) is 40.0 Å². The van der Waals surface area contributed by atoms with E-state index in [2.05, 4.69) is 5.32 Å². The van der Waals surface area contributed by atoms with Gasteiger partial charge in [-0.3, -0.25) is 19.1 Å². The summed E-state index contributed by atoms with van der Waals surface area (Å²) in [6.45, 7) is 7.00. The van der Waals surface area contributed by atoms with E-state index in [9.17, 15) is 14.4 Å². The maximum atomic E-state index is 12.8. The van der Waals surface area contributed by atoms with Crippen molar-refractivity contribution in [2.24, 2.45) is 7.05 Å². The highest BCUT2D eigenvalue weighted by Crippen LogP contribution is 2.14. The van der Waals surface area contributed by atoms with E-state index < -0.39 is 0 Å². The van der Waals surface area contributed by atoms with Gasteiger partial charge in [0.1, 0.15) is 5.69 Å². The molecule has 27 heavy (non-hydrogen) atoms. The van der Waals surface area contributed by atoms with Gasteiger partial charge in [-0.1, -0.05) is 18.2 Å². The van der Waals surface area contributed by atoms with E-state index in [4.69, 9.17) is 0 Å². The number of rotatable bonds is 8. The summed E-state index contributed by atoms with van der Waals surface area (Å²) in [5.41, 5.74) is 1.42. The summed E-state index contributed by atoms with van der Waals surface area (Å²) in [6.07, 6.45) is 0.989. The van der Waals surface area contributed by atoms with Gasteiger partial charge in [0.15, 0.2) is 0 Å². The summed E-state index contributed by atoms with van der Waals surface area (Å²) < 4.78 is 3.24. The first-order valence-electron chi connectivity index (χ1n) is 9.32. The van der Waals surface area contributed by atoms with Crippen molar-refractivity contribution in [3.63, 3.8) is 0 Å². The lowest BCUT2D eigenvalue weighted by atomic mass is 10.2. The number of benzene rings is 1. The zero-order valence-corrected chi connectivity index (χ0v) is 16.5. The molecule has 1 N–H and O–H groups in total. The maximum absolute atomic E-state index is 12.8. The zero-order valence-electron chi connectivity index (χ0n) is 16.5. The van der Waals surface area contributed by atoms with Crippen LogP contribution in [0.2, 0.25) is 0 Å². The average molecular weight is 372 g/mol. The predicted octanol–water partition coefficient (Wildman–Crippen LogP) is 2.46. The van der Waals surface area contributed by atoms with Crippen LogP contribution in [0.25, 0.3) is 5.69 Å². The van der Waals surface area contributed by atoms with Crippen LogP contribution in [-0.4, -0.2) is 39.2 Å². The minimum absolute atomic E-state index is 0.0510. The molecule has 0 aliphatic carbocycles. The maximum Gasteiger partial charge on any atom is 0.295 e. The minimum Gasteiger partial charge on any atom is -0.343 e. The van der Waals surface area contributed by atoms with Crippen molar-refractivity contribution >= 4 is 17.5 Å². The second-order valence-corrected chi connectivity index (χ2v) is 6.40. The molecule has 7 heteroatoms. The first kappa shape index (κ1) is 20.5. The largest absolute Gasteiger partial charge is 0.343 e. The van der Waals surface area contributed by atoms with Crippen molar-refractivity contribution in [1.82, 2.24) is 14.3 Å². The summed E-state index contributed by atoms with van der Waals surface area (Å²) in [7, 11) is 1.78. The van der Waals surface area contributed by atoms with Gasteiger partial charge in [0.05, 0.1) is 11.4 Å². The molecule has 1 aromatic carbocycles. The van der Waals surface area contributed by atoms with Gasteiger partial charge in [-0.2, -0.15) is 0 Å². The Morgan fingerprint density at radius 3 is 2.30 bits per heavy atom. The fourth-order valence-corrected chi connectivity index (χ4v) is 3.05. The van der Waals surface area contributed by atoms with Crippen LogP contribution in [0.3, 0.4) is 0 Å². The fraction of sp³-hybridized carbons (Fsp3) is 0.450. The third-order valence-corrected chi connectivity index (χ3v) is 4.73. The monoisotopic (exact) mass is 372 g/mol. The third-order valence-electron chi connectivity index (χ3n) is 4.73. The number of para-hydroxylation sites is 1. The van der Waals surface area contributed by atoms with Gasteiger partial charge in [-0.15, -0.1) is 0 Å². The molecule has 0 unspecified atom stereocenters. The lowest BCUT2D eigenvalue weighted by Crippen LogP contribution is -2.30. The van der Waals surface area contributed by atoms with E-state index in [1.807, 2.05) is 44.2 Å². The SMILES string of the molecule is CCN(CC)C(=O)CCCC(=O)Nc1c(C)n(C)n(-c2ccccc2)c1=O. The number of nitrogens with one attached hydrogen (secondary N) is 1. The molecule has 2 rings (SSSR count). The Kier molecular flexibility index (Phi) is 6.98. The Bertz CT molecular complexity index is 848. The number of anilines is 1. The number of hydrogen-bond donors (Lipinski definition) is 1. The van der Waals surface area contributed by atoms with Crippen LogP contribution >= 0.6 is 0 Å². The van der Waals surface area contributed by atoms with Crippen LogP contribution < -0.4 is 10.9 Å². The number of amides is 2. The second kappa shape index (κ2) is 9.21. The van der Waals surface area contributed by atoms with Crippen LogP contribution in [-0.2, 0) is 16.6 Å². The van der Waals surface area contributed by atoms with Gasteiger partial charge in [-0.05, 0) is 39.3 Å². The average Bonchev–Trinajstić information content (AvgIpc) is 2.87. The topological polar surface area (TPSA) is 76.3 Å². The molecule has 0 aliphatic rings. The lowest BCUT2D eigenvalue weighted by Gasteiger charge is -2.18. The van der Waals surface area contributed by atoms with E-state index in [1.165, 1.54) is 4.68 Å². The number of carbonyl (C=O) groups is 2. The normalized spacial score (nSPS) is 10.7. The molecule has 7 nitrogen and oxygen atoms in total. The molecule has 0 spiro atoms. The molecule has 0 bridgehead atoms. The van der Waals surface area contributed by atoms with E-state index >= 15 is 0 Å². The lowest BCUT2D eigenvalue weighted by molar-refractivity contribution is -0.130. The van der Waals surface area contributed by atoms with Gasteiger partial charge in [-0.25, -0.2) is 4.68 Å². The van der Waals surface area contributed by atoms with Crippen molar-refractivity contribution in [1.29, 1.82) is 0 Å². The molecular weight excluding hydrogens is 344 g/mol.